The smallest absolute Gasteiger partial charge is 0.385 e. The number of fused-ring (bicyclic) bond motifs is 1. The number of sulfonamides is 1. The first-order valence-electron chi connectivity index (χ1n) is 8.91. The summed E-state index contributed by atoms with van der Waals surface area (Å²) < 4.78 is 62.5. The number of nitrogens with two attached hydrogens (primary N) is 1. The van der Waals surface area contributed by atoms with E-state index < -0.39 is 26.7 Å². The third kappa shape index (κ3) is 5.03. The lowest BCUT2D eigenvalue weighted by atomic mass is 10.00. The van der Waals surface area contributed by atoms with Crippen LogP contribution in [0.15, 0.2) is 47.4 Å². The predicted molar refractivity (Wildman–Crippen MR) is 101 cm³/mol. The molecule has 0 spiro atoms. The van der Waals surface area contributed by atoms with Gasteiger partial charge in [0.2, 0.25) is 10.0 Å². The van der Waals surface area contributed by atoms with Crippen molar-refractivity contribution >= 4 is 15.7 Å². The highest BCUT2D eigenvalue weighted by Gasteiger charge is 2.34. The van der Waals surface area contributed by atoms with Crippen LogP contribution in [-0.2, 0) is 29.2 Å². The quantitative estimate of drug-likeness (QED) is 0.713. The average Bonchev–Trinajstić information content (AvgIpc) is 2.63. The number of benzene rings is 2. The zero-order valence-corrected chi connectivity index (χ0v) is 16.0. The van der Waals surface area contributed by atoms with Gasteiger partial charge >= 0.3 is 6.18 Å². The highest BCUT2D eigenvalue weighted by Crippen LogP contribution is 2.36. The molecule has 0 saturated carbocycles. The Labute approximate surface area is 162 Å². The number of anilines is 1. The van der Waals surface area contributed by atoms with Gasteiger partial charge in [-0.15, -0.1) is 0 Å². The van der Waals surface area contributed by atoms with E-state index in [4.69, 9.17) is 5.14 Å². The largest absolute Gasteiger partial charge is 0.418 e. The van der Waals surface area contributed by atoms with E-state index in [1.807, 2.05) is 12.1 Å². The molecule has 5 nitrogen and oxygen atoms in total. The maximum absolute atomic E-state index is 13.3. The molecular weight excluding hydrogens is 391 g/mol. The van der Waals surface area contributed by atoms with E-state index >= 15 is 0 Å². The molecular formula is C19H22F3N3O2S. The fourth-order valence-electron chi connectivity index (χ4n) is 3.36. The molecule has 3 N–H and O–H groups in total. The second-order valence-electron chi connectivity index (χ2n) is 6.83. The lowest BCUT2D eigenvalue weighted by Crippen LogP contribution is -2.32. The molecule has 2 aromatic carbocycles. The molecule has 28 heavy (non-hydrogen) atoms. The molecule has 0 aliphatic carbocycles. The van der Waals surface area contributed by atoms with Gasteiger partial charge in [-0.1, -0.05) is 24.3 Å². The van der Waals surface area contributed by atoms with E-state index in [0.29, 0.717) is 19.0 Å². The van der Waals surface area contributed by atoms with Crippen LogP contribution in [0.25, 0.3) is 0 Å². The number of halogens is 3. The lowest BCUT2D eigenvalue weighted by molar-refractivity contribution is -0.137. The minimum atomic E-state index is -4.68. The van der Waals surface area contributed by atoms with E-state index in [1.54, 1.807) is 0 Å². The third-order valence-corrected chi connectivity index (χ3v) is 5.71. The Hall–Kier alpha value is -2.10. The van der Waals surface area contributed by atoms with Crippen LogP contribution >= 0.6 is 0 Å². The summed E-state index contributed by atoms with van der Waals surface area (Å²) in [7, 11) is -4.20. The highest BCUT2D eigenvalue weighted by molar-refractivity contribution is 7.89. The first-order chi connectivity index (χ1) is 13.1. The SMILES string of the molecule is NS(=O)(=O)c1ccc(NCCCN2CCc3ccccc3C2)c(C(F)(F)F)c1. The average molecular weight is 413 g/mol. The Balaban J connectivity index is 1.59. The molecule has 3 rings (SSSR count). The van der Waals surface area contributed by atoms with Crippen molar-refractivity contribution in [3.8, 4) is 0 Å². The van der Waals surface area contributed by atoms with Gasteiger partial charge in [0.15, 0.2) is 0 Å². The van der Waals surface area contributed by atoms with Crippen molar-refractivity contribution in [1.29, 1.82) is 0 Å². The number of hydrogen-bond acceptors (Lipinski definition) is 4. The molecule has 1 aliphatic rings. The Bertz CT molecular complexity index is 946. The fourth-order valence-corrected chi connectivity index (χ4v) is 3.90. The van der Waals surface area contributed by atoms with Gasteiger partial charge in [0.25, 0.3) is 0 Å². The number of primary sulfonamides is 1. The van der Waals surface area contributed by atoms with Crippen LogP contribution in [0.4, 0.5) is 18.9 Å². The summed E-state index contributed by atoms with van der Waals surface area (Å²) in [5.74, 6) is 0. The number of rotatable bonds is 6. The maximum Gasteiger partial charge on any atom is 0.418 e. The molecule has 0 fully saturated rings. The van der Waals surface area contributed by atoms with Crippen LogP contribution in [0.1, 0.15) is 23.1 Å². The summed E-state index contributed by atoms with van der Waals surface area (Å²) in [6, 6.07) is 11.0. The standard InChI is InChI=1S/C19H22F3N3O2S/c20-19(21,22)17-12-16(28(23,26)27)6-7-18(17)24-9-3-10-25-11-8-14-4-1-2-5-15(14)13-25/h1-2,4-7,12,24H,3,8-11,13H2,(H2,23,26,27). The van der Waals surface area contributed by atoms with Gasteiger partial charge in [-0.2, -0.15) is 13.2 Å². The fraction of sp³-hybridized carbons (Fsp3) is 0.368. The van der Waals surface area contributed by atoms with Gasteiger partial charge in [-0.25, -0.2) is 13.6 Å². The molecule has 0 radical (unpaired) electrons. The summed E-state index contributed by atoms with van der Waals surface area (Å²) in [5.41, 5.74) is 1.45. The molecule has 0 amide bonds. The van der Waals surface area contributed by atoms with Crippen molar-refractivity contribution in [1.82, 2.24) is 4.90 Å². The molecule has 2 aromatic rings. The summed E-state index contributed by atoms with van der Waals surface area (Å²) >= 11 is 0. The van der Waals surface area contributed by atoms with Crippen LogP contribution in [0.2, 0.25) is 0 Å². The van der Waals surface area contributed by atoms with Crippen molar-refractivity contribution < 1.29 is 21.6 Å². The minimum absolute atomic E-state index is 0.149. The molecule has 0 bridgehead atoms. The summed E-state index contributed by atoms with van der Waals surface area (Å²) in [6.07, 6.45) is -3.05. The molecule has 152 valence electrons. The summed E-state index contributed by atoms with van der Waals surface area (Å²) in [4.78, 5) is 1.72. The van der Waals surface area contributed by atoms with E-state index in [9.17, 15) is 21.6 Å². The van der Waals surface area contributed by atoms with E-state index in [-0.39, 0.29) is 5.69 Å². The second-order valence-corrected chi connectivity index (χ2v) is 8.39. The Kier molecular flexibility index (Phi) is 5.97. The van der Waals surface area contributed by atoms with Crippen LogP contribution in [0.3, 0.4) is 0 Å². The van der Waals surface area contributed by atoms with Gasteiger partial charge in [-0.3, -0.25) is 4.90 Å². The number of alkyl halides is 3. The van der Waals surface area contributed by atoms with Crippen LogP contribution in [-0.4, -0.2) is 33.0 Å². The molecule has 0 atom stereocenters. The molecule has 9 heteroatoms. The number of nitrogens with one attached hydrogen (secondary N) is 1. The first kappa shape index (κ1) is 20.6. The summed E-state index contributed by atoms with van der Waals surface area (Å²) in [6.45, 7) is 2.87. The zero-order valence-electron chi connectivity index (χ0n) is 15.2. The van der Waals surface area contributed by atoms with E-state index in [1.165, 1.54) is 11.1 Å². The zero-order chi connectivity index (χ0) is 20.4. The molecule has 0 saturated heterocycles. The van der Waals surface area contributed by atoms with E-state index in [0.717, 1.165) is 38.2 Å². The minimum Gasteiger partial charge on any atom is -0.385 e. The lowest BCUT2D eigenvalue weighted by Gasteiger charge is -2.28. The van der Waals surface area contributed by atoms with Crippen molar-refractivity contribution in [3.63, 3.8) is 0 Å². The van der Waals surface area contributed by atoms with Gasteiger partial charge < -0.3 is 5.32 Å². The third-order valence-electron chi connectivity index (χ3n) is 4.80. The Morgan fingerprint density at radius 1 is 1.11 bits per heavy atom. The number of nitrogens with zero attached hydrogens (tertiary/aromatic N) is 1. The highest BCUT2D eigenvalue weighted by atomic mass is 32.2. The molecule has 1 aliphatic heterocycles. The van der Waals surface area contributed by atoms with Crippen molar-refractivity contribution in [3.05, 3.63) is 59.2 Å². The molecule has 0 unspecified atom stereocenters. The molecule has 0 aromatic heterocycles. The monoisotopic (exact) mass is 413 g/mol. The van der Waals surface area contributed by atoms with Crippen molar-refractivity contribution in [2.45, 2.75) is 30.5 Å². The van der Waals surface area contributed by atoms with Gasteiger partial charge in [0.05, 0.1) is 10.5 Å². The van der Waals surface area contributed by atoms with Crippen LogP contribution in [0, 0.1) is 0 Å². The predicted octanol–water partition coefficient (Wildman–Crippen LogP) is 3.21. The maximum atomic E-state index is 13.3. The van der Waals surface area contributed by atoms with Crippen molar-refractivity contribution in [2.75, 3.05) is 25.0 Å². The normalized spacial score (nSPS) is 15.3. The Morgan fingerprint density at radius 2 is 1.82 bits per heavy atom. The van der Waals surface area contributed by atoms with E-state index in [2.05, 4.69) is 22.3 Å². The first-order valence-corrected chi connectivity index (χ1v) is 10.5. The van der Waals surface area contributed by atoms with Crippen LogP contribution < -0.4 is 10.5 Å². The second kappa shape index (κ2) is 8.10. The van der Waals surface area contributed by atoms with Gasteiger partial charge in [0.1, 0.15) is 0 Å². The Morgan fingerprint density at radius 3 is 2.50 bits per heavy atom. The van der Waals surface area contributed by atoms with Gasteiger partial charge in [-0.05, 0) is 42.2 Å². The summed E-state index contributed by atoms with van der Waals surface area (Å²) in [5, 5.41) is 7.71. The van der Waals surface area contributed by atoms with Crippen molar-refractivity contribution in [2.24, 2.45) is 5.14 Å². The number of hydrogen-bond donors (Lipinski definition) is 2. The van der Waals surface area contributed by atoms with Gasteiger partial charge in [0, 0.05) is 31.9 Å². The molecule has 1 heterocycles. The van der Waals surface area contributed by atoms with Crippen LogP contribution in [0.5, 0.6) is 0 Å². The topological polar surface area (TPSA) is 75.4 Å².